The molecule has 0 radical (unpaired) electrons. The first kappa shape index (κ1) is 10.6. The lowest BCUT2D eigenvalue weighted by Crippen LogP contribution is -2.46. The molecular formula is C11H14FNOS. The summed E-state index contributed by atoms with van der Waals surface area (Å²) >= 11 is 1.49. The van der Waals surface area contributed by atoms with Gasteiger partial charge in [0.1, 0.15) is 5.67 Å². The summed E-state index contributed by atoms with van der Waals surface area (Å²) < 4.78 is 13.7. The van der Waals surface area contributed by atoms with E-state index in [0.29, 0.717) is 18.5 Å². The van der Waals surface area contributed by atoms with Gasteiger partial charge in [0.25, 0.3) is 5.91 Å². The van der Waals surface area contributed by atoms with Gasteiger partial charge in [-0.3, -0.25) is 4.79 Å². The summed E-state index contributed by atoms with van der Waals surface area (Å²) in [6, 6.07) is 1.79. The second-order valence-electron chi connectivity index (χ2n) is 4.26. The van der Waals surface area contributed by atoms with E-state index >= 15 is 0 Å². The Balaban J connectivity index is 2.08. The number of piperidine rings is 1. The fraction of sp³-hybridized carbons (Fsp3) is 0.545. The highest BCUT2D eigenvalue weighted by molar-refractivity contribution is 7.08. The van der Waals surface area contributed by atoms with E-state index in [4.69, 9.17) is 0 Å². The number of likely N-dealkylation sites (tertiary alicyclic amines) is 1. The van der Waals surface area contributed by atoms with Gasteiger partial charge in [-0.25, -0.2) is 4.39 Å². The van der Waals surface area contributed by atoms with Crippen molar-refractivity contribution in [2.45, 2.75) is 25.4 Å². The average Bonchev–Trinajstić information content (AvgIpc) is 2.67. The molecule has 0 unspecified atom stereocenters. The molecule has 0 bridgehead atoms. The first-order chi connectivity index (χ1) is 7.08. The Hall–Kier alpha value is -0.900. The van der Waals surface area contributed by atoms with Crippen LogP contribution in [0.3, 0.4) is 0 Å². The van der Waals surface area contributed by atoms with Crippen molar-refractivity contribution >= 4 is 17.2 Å². The van der Waals surface area contributed by atoms with E-state index in [1.807, 2.05) is 10.8 Å². The van der Waals surface area contributed by atoms with Gasteiger partial charge in [-0.05, 0) is 31.2 Å². The Bertz CT molecular complexity index is 347. The van der Waals surface area contributed by atoms with Crippen molar-refractivity contribution in [2.75, 3.05) is 13.1 Å². The Kier molecular flexibility index (Phi) is 2.78. The molecule has 82 valence electrons. The molecule has 15 heavy (non-hydrogen) atoms. The van der Waals surface area contributed by atoms with E-state index in [2.05, 4.69) is 0 Å². The van der Waals surface area contributed by atoms with Gasteiger partial charge < -0.3 is 4.90 Å². The molecule has 1 aromatic heterocycles. The molecule has 0 N–H and O–H groups in total. The van der Waals surface area contributed by atoms with E-state index in [1.54, 1.807) is 17.9 Å². The van der Waals surface area contributed by atoms with Crippen LogP contribution < -0.4 is 0 Å². The maximum Gasteiger partial charge on any atom is 0.254 e. The maximum atomic E-state index is 13.7. The highest BCUT2D eigenvalue weighted by atomic mass is 32.1. The predicted octanol–water partition coefficient (Wildman–Crippen LogP) is 2.71. The molecule has 1 amide bonds. The van der Waals surface area contributed by atoms with Gasteiger partial charge in [-0.1, -0.05) is 0 Å². The molecule has 1 aliphatic heterocycles. The van der Waals surface area contributed by atoms with Crippen LogP contribution in [0.25, 0.3) is 0 Å². The molecule has 4 heteroatoms. The van der Waals surface area contributed by atoms with Gasteiger partial charge in [0.2, 0.25) is 0 Å². The molecule has 1 atom stereocenters. The summed E-state index contributed by atoms with van der Waals surface area (Å²) in [6.07, 6.45) is 1.31. The van der Waals surface area contributed by atoms with E-state index in [0.717, 1.165) is 6.42 Å². The fourth-order valence-electron chi connectivity index (χ4n) is 1.94. The molecule has 0 spiro atoms. The van der Waals surface area contributed by atoms with Crippen molar-refractivity contribution in [3.8, 4) is 0 Å². The van der Waals surface area contributed by atoms with Crippen molar-refractivity contribution in [1.29, 1.82) is 0 Å². The second kappa shape index (κ2) is 3.93. The van der Waals surface area contributed by atoms with Crippen LogP contribution in [0.5, 0.6) is 0 Å². The fourth-order valence-corrected chi connectivity index (χ4v) is 2.57. The summed E-state index contributed by atoms with van der Waals surface area (Å²) in [4.78, 5) is 13.5. The van der Waals surface area contributed by atoms with Crippen molar-refractivity contribution in [3.05, 3.63) is 22.4 Å². The molecule has 0 aliphatic carbocycles. The molecule has 1 saturated heterocycles. The number of hydrogen-bond acceptors (Lipinski definition) is 2. The minimum atomic E-state index is -1.22. The highest BCUT2D eigenvalue weighted by Crippen LogP contribution is 2.25. The van der Waals surface area contributed by atoms with Crippen molar-refractivity contribution in [2.24, 2.45) is 0 Å². The molecule has 2 nitrogen and oxygen atoms in total. The highest BCUT2D eigenvalue weighted by Gasteiger charge is 2.33. The number of amides is 1. The average molecular weight is 227 g/mol. The number of carbonyl (C=O) groups excluding carboxylic acids is 1. The number of rotatable bonds is 1. The molecule has 1 aromatic rings. The number of nitrogens with zero attached hydrogens (tertiary/aromatic N) is 1. The third-order valence-electron chi connectivity index (χ3n) is 2.70. The molecule has 1 aliphatic rings. The first-order valence-corrected chi connectivity index (χ1v) is 6.03. The SMILES string of the molecule is C[C@]1(F)CCCN(C(=O)c2ccsc2)C1. The molecule has 0 saturated carbocycles. The number of hydrogen-bond donors (Lipinski definition) is 0. The second-order valence-corrected chi connectivity index (χ2v) is 5.04. The van der Waals surface area contributed by atoms with Gasteiger partial charge in [0.05, 0.1) is 12.1 Å². The normalized spacial score (nSPS) is 26.7. The van der Waals surface area contributed by atoms with Crippen molar-refractivity contribution in [1.82, 2.24) is 4.90 Å². The summed E-state index contributed by atoms with van der Waals surface area (Å²) in [5.41, 5.74) is -0.540. The Morgan fingerprint density at radius 2 is 2.47 bits per heavy atom. The maximum absolute atomic E-state index is 13.7. The number of thiophene rings is 1. The third-order valence-corrected chi connectivity index (χ3v) is 3.39. The van der Waals surface area contributed by atoms with Crippen LogP contribution in [0.15, 0.2) is 16.8 Å². The summed E-state index contributed by atoms with van der Waals surface area (Å²) in [6.45, 7) is 2.47. The van der Waals surface area contributed by atoms with Crippen molar-refractivity contribution in [3.63, 3.8) is 0 Å². The quantitative estimate of drug-likeness (QED) is 0.722. The summed E-state index contributed by atoms with van der Waals surface area (Å²) in [5.74, 6) is -0.0418. The van der Waals surface area contributed by atoms with Gasteiger partial charge >= 0.3 is 0 Å². The van der Waals surface area contributed by atoms with E-state index in [9.17, 15) is 9.18 Å². The van der Waals surface area contributed by atoms with Crippen molar-refractivity contribution < 1.29 is 9.18 Å². The number of halogens is 1. The van der Waals surface area contributed by atoms with Crippen LogP contribution in [-0.4, -0.2) is 29.6 Å². The zero-order chi connectivity index (χ0) is 10.9. The smallest absolute Gasteiger partial charge is 0.254 e. The Morgan fingerprint density at radius 1 is 1.67 bits per heavy atom. The predicted molar refractivity (Wildman–Crippen MR) is 59.0 cm³/mol. The van der Waals surface area contributed by atoms with E-state index < -0.39 is 5.67 Å². The standard InChI is InChI=1S/C11H14FNOS/c1-11(12)4-2-5-13(8-11)10(14)9-3-6-15-7-9/h3,6-7H,2,4-5,8H2,1H3/t11-/m0/s1. The van der Waals surface area contributed by atoms with Crippen LogP contribution in [0, 0.1) is 0 Å². The molecule has 2 heterocycles. The zero-order valence-electron chi connectivity index (χ0n) is 8.70. The number of carbonyl (C=O) groups is 1. The van der Waals surface area contributed by atoms with Crippen LogP contribution in [0.2, 0.25) is 0 Å². The summed E-state index contributed by atoms with van der Waals surface area (Å²) in [5, 5.41) is 3.68. The topological polar surface area (TPSA) is 20.3 Å². The van der Waals surface area contributed by atoms with Gasteiger partial charge in [-0.15, -0.1) is 0 Å². The van der Waals surface area contributed by atoms with Gasteiger partial charge in [0.15, 0.2) is 0 Å². The van der Waals surface area contributed by atoms with Gasteiger partial charge in [0, 0.05) is 11.9 Å². The lowest BCUT2D eigenvalue weighted by atomic mass is 9.96. The minimum Gasteiger partial charge on any atom is -0.335 e. The van der Waals surface area contributed by atoms with Crippen LogP contribution in [0.4, 0.5) is 4.39 Å². The lowest BCUT2D eigenvalue weighted by Gasteiger charge is -2.34. The van der Waals surface area contributed by atoms with Crippen LogP contribution >= 0.6 is 11.3 Å². The monoisotopic (exact) mass is 227 g/mol. The molecular weight excluding hydrogens is 213 g/mol. The van der Waals surface area contributed by atoms with Crippen LogP contribution in [0.1, 0.15) is 30.1 Å². The minimum absolute atomic E-state index is 0.0418. The summed E-state index contributed by atoms with van der Waals surface area (Å²) in [7, 11) is 0. The third kappa shape index (κ3) is 2.37. The first-order valence-electron chi connectivity index (χ1n) is 5.09. The molecule has 0 aromatic carbocycles. The number of alkyl halides is 1. The van der Waals surface area contributed by atoms with Crippen LogP contribution in [-0.2, 0) is 0 Å². The largest absolute Gasteiger partial charge is 0.335 e. The Morgan fingerprint density at radius 3 is 3.07 bits per heavy atom. The zero-order valence-corrected chi connectivity index (χ0v) is 9.52. The lowest BCUT2D eigenvalue weighted by molar-refractivity contribution is 0.0418. The van der Waals surface area contributed by atoms with Gasteiger partial charge in [-0.2, -0.15) is 11.3 Å². The van der Waals surface area contributed by atoms with E-state index in [-0.39, 0.29) is 12.5 Å². The Labute approximate surface area is 92.7 Å². The van der Waals surface area contributed by atoms with E-state index in [1.165, 1.54) is 11.3 Å². The molecule has 1 fully saturated rings. The molecule has 2 rings (SSSR count).